The third kappa shape index (κ3) is 16.9. The van der Waals surface area contributed by atoms with E-state index in [9.17, 15) is 13.0 Å². The van der Waals surface area contributed by atoms with Crippen molar-refractivity contribution in [1.29, 1.82) is 0 Å². The van der Waals surface area contributed by atoms with Crippen LogP contribution in [0.3, 0.4) is 0 Å². The number of benzene rings is 2. The van der Waals surface area contributed by atoms with Crippen molar-refractivity contribution < 1.29 is 42.5 Å². The SMILES string of the molecule is CCCCCCCCCCCCCc1cc(CCCCCCCCCCCCC)c2cccc(S(=O)(=O)[O-])c2c1.[Na+]. The van der Waals surface area contributed by atoms with E-state index in [1.54, 1.807) is 6.07 Å². The Labute approximate surface area is 276 Å². The molecule has 0 atom stereocenters. The van der Waals surface area contributed by atoms with Gasteiger partial charge in [-0.15, -0.1) is 0 Å². The van der Waals surface area contributed by atoms with E-state index in [1.165, 1.54) is 146 Å². The molecule has 0 N–H and O–H groups in total. The first-order valence-electron chi connectivity index (χ1n) is 17.0. The molecule has 2 rings (SSSR count). The zero-order valence-electron chi connectivity index (χ0n) is 27.0. The van der Waals surface area contributed by atoms with Gasteiger partial charge in [0, 0.05) is 0 Å². The topological polar surface area (TPSA) is 57.2 Å². The average Bonchev–Trinajstić information content (AvgIpc) is 2.93. The standard InChI is InChI=1S/C36H60O3S.Na/c1-3-5-7-9-11-13-15-17-19-21-23-26-32-30-33(27-24-22-20-18-16-14-12-10-8-6-4-2)34-28-25-29-36(35(34)31-32)40(37,38)39;/h25,28-31H,3-24,26-27H2,1-2H3,(H,37,38,39);/q;+1/p-1. The molecular weight excluding hydrogens is 535 g/mol. The van der Waals surface area contributed by atoms with E-state index in [0.717, 1.165) is 31.1 Å². The molecular formula is C36H59NaO3S. The summed E-state index contributed by atoms with van der Waals surface area (Å²) in [6.45, 7) is 4.53. The second-order valence-corrected chi connectivity index (χ2v) is 13.5. The molecule has 0 saturated heterocycles. The number of fused-ring (bicyclic) bond motifs is 1. The first-order chi connectivity index (χ1) is 19.5. The van der Waals surface area contributed by atoms with Crippen LogP contribution in [0.15, 0.2) is 35.2 Å². The summed E-state index contributed by atoms with van der Waals surface area (Å²) in [5.41, 5.74) is 2.38. The molecule has 0 heterocycles. The van der Waals surface area contributed by atoms with Crippen LogP contribution in [-0.4, -0.2) is 13.0 Å². The summed E-state index contributed by atoms with van der Waals surface area (Å²) in [4.78, 5) is -0.0639. The zero-order valence-corrected chi connectivity index (χ0v) is 29.8. The van der Waals surface area contributed by atoms with Gasteiger partial charge in [-0.25, -0.2) is 8.42 Å². The van der Waals surface area contributed by atoms with Gasteiger partial charge in [0.15, 0.2) is 0 Å². The minimum Gasteiger partial charge on any atom is -0.744 e. The van der Waals surface area contributed by atoms with Crippen molar-refractivity contribution in [2.24, 2.45) is 0 Å². The molecule has 0 radical (unpaired) electrons. The first-order valence-corrected chi connectivity index (χ1v) is 18.4. The molecule has 228 valence electrons. The smallest absolute Gasteiger partial charge is 0.744 e. The molecule has 3 nitrogen and oxygen atoms in total. The Morgan fingerprint density at radius 2 is 0.951 bits per heavy atom. The van der Waals surface area contributed by atoms with Crippen LogP contribution >= 0.6 is 0 Å². The Bertz CT molecular complexity index is 1030. The van der Waals surface area contributed by atoms with E-state index < -0.39 is 10.1 Å². The van der Waals surface area contributed by atoms with E-state index in [-0.39, 0.29) is 34.5 Å². The second-order valence-electron chi connectivity index (χ2n) is 12.1. The Hall–Kier alpha value is -0.390. The Morgan fingerprint density at radius 3 is 1.39 bits per heavy atom. The minimum absolute atomic E-state index is 0. The first kappa shape index (κ1) is 38.6. The maximum Gasteiger partial charge on any atom is 1.00 e. The van der Waals surface area contributed by atoms with Crippen molar-refractivity contribution in [3.8, 4) is 0 Å². The van der Waals surface area contributed by atoms with Crippen LogP contribution < -0.4 is 29.6 Å². The number of rotatable bonds is 25. The number of hydrogen-bond acceptors (Lipinski definition) is 3. The number of aryl methyl sites for hydroxylation is 2. The van der Waals surface area contributed by atoms with Crippen LogP contribution in [0.2, 0.25) is 0 Å². The molecule has 2 aromatic rings. The molecule has 0 aromatic heterocycles. The van der Waals surface area contributed by atoms with Crippen LogP contribution in [0.25, 0.3) is 10.8 Å². The van der Waals surface area contributed by atoms with Crippen LogP contribution in [0.4, 0.5) is 0 Å². The van der Waals surface area contributed by atoms with Crippen molar-refractivity contribution in [3.05, 3.63) is 41.5 Å². The number of unbranched alkanes of at least 4 members (excludes halogenated alkanes) is 20. The molecule has 0 amide bonds. The summed E-state index contributed by atoms with van der Waals surface area (Å²) < 4.78 is 36.1. The second kappa shape index (κ2) is 24.0. The summed E-state index contributed by atoms with van der Waals surface area (Å²) in [7, 11) is -4.50. The molecule has 5 heteroatoms. The van der Waals surface area contributed by atoms with Gasteiger partial charge in [0.25, 0.3) is 0 Å². The molecule has 2 aromatic carbocycles. The summed E-state index contributed by atoms with van der Waals surface area (Å²) in [5.74, 6) is 0. The predicted octanol–water partition coefficient (Wildman–Crippen LogP) is 8.45. The quantitative estimate of drug-likeness (QED) is 0.0658. The molecule has 0 bridgehead atoms. The third-order valence-electron chi connectivity index (χ3n) is 8.49. The molecule has 0 spiro atoms. The maximum atomic E-state index is 12.0. The minimum atomic E-state index is -4.50. The van der Waals surface area contributed by atoms with Crippen molar-refractivity contribution >= 4 is 20.9 Å². The van der Waals surface area contributed by atoms with Crippen LogP contribution in [0, 0.1) is 0 Å². The Kier molecular flexibility index (Phi) is 22.6. The normalized spacial score (nSPS) is 11.7. The fraction of sp³-hybridized carbons (Fsp3) is 0.722. The summed E-state index contributed by atoms with van der Waals surface area (Å²) in [5, 5.41) is 1.56. The zero-order chi connectivity index (χ0) is 28.9. The molecule has 41 heavy (non-hydrogen) atoms. The summed E-state index contributed by atoms with van der Waals surface area (Å²) >= 11 is 0. The average molecular weight is 595 g/mol. The summed E-state index contributed by atoms with van der Waals surface area (Å²) in [6, 6.07) is 9.45. The van der Waals surface area contributed by atoms with Gasteiger partial charge in [-0.1, -0.05) is 160 Å². The fourth-order valence-electron chi connectivity index (χ4n) is 6.04. The van der Waals surface area contributed by atoms with E-state index in [2.05, 4.69) is 19.9 Å². The van der Waals surface area contributed by atoms with Crippen molar-refractivity contribution in [2.75, 3.05) is 0 Å². The largest absolute Gasteiger partial charge is 1.00 e. The van der Waals surface area contributed by atoms with Gasteiger partial charge in [0.1, 0.15) is 10.1 Å². The summed E-state index contributed by atoms with van der Waals surface area (Å²) in [6.07, 6.45) is 30.8. The monoisotopic (exact) mass is 594 g/mol. The van der Waals surface area contributed by atoms with Crippen LogP contribution in [0.5, 0.6) is 0 Å². The fourth-order valence-corrected chi connectivity index (χ4v) is 6.73. The maximum absolute atomic E-state index is 12.0. The van der Waals surface area contributed by atoms with Gasteiger partial charge in [0.05, 0.1) is 4.90 Å². The van der Waals surface area contributed by atoms with Crippen molar-refractivity contribution in [3.63, 3.8) is 0 Å². The Balaban J connectivity index is 0.00000840. The molecule has 0 unspecified atom stereocenters. The van der Waals surface area contributed by atoms with Gasteiger partial charge in [-0.3, -0.25) is 0 Å². The molecule has 0 aliphatic heterocycles. The van der Waals surface area contributed by atoms with Gasteiger partial charge < -0.3 is 4.55 Å². The molecule has 0 aliphatic carbocycles. The van der Waals surface area contributed by atoms with Crippen molar-refractivity contribution in [2.45, 2.75) is 173 Å². The van der Waals surface area contributed by atoms with Gasteiger partial charge in [-0.05, 0) is 59.7 Å². The van der Waals surface area contributed by atoms with Crippen LogP contribution in [-0.2, 0) is 23.0 Å². The van der Waals surface area contributed by atoms with Crippen LogP contribution in [0.1, 0.15) is 166 Å². The molecule has 0 aliphatic rings. The van der Waals surface area contributed by atoms with Gasteiger partial charge in [-0.2, -0.15) is 0 Å². The van der Waals surface area contributed by atoms with E-state index in [4.69, 9.17) is 0 Å². The molecule has 0 fully saturated rings. The molecule has 0 saturated carbocycles. The Morgan fingerprint density at radius 1 is 0.537 bits per heavy atom. The van der Waals surface area contributed by atoms with Crippen molar-refractivity contribution in [1.82, 2.24) is 0 Å². The number of hydrogen-bond donors (Lipinski definition) is 0. The van der Waals surface area contributed by atoms with E-state index in [0.29, 0.717) is 5.39 Å². The van der Waals surface area contributed by atoms with Gasteiger partial charge in [0.2, 0.25) is 0 Å². The van der Waals surface area contributed by atoms with E-state index in [1.807, 2.05) is 12.1 Å². The predicted molar refractivity (Wildman–Crippen MR) is 172 cm³/mol. The van der Waals surface area contributed by atoms with Gasteiger partial charge >= 0.3 is 29.6 Å². The third-order valence-corrected chi connectivity index (χ3v) is 9.38. The van der Waals surface area contributed by atoms with E-state index >= 15 is 0 Å².